The largest absolute Gasteiger partial charge is 0.494 e. The van der Waals surface area contributed by atoms with Crippen LogP contribution in [-0.4, -0.2) is 30.5 Å². The van der Waals surface area contributed by atoms with Crippen LogP contribution in [0.25, 0.3) is 0 Å². The number of amides is 1. The van der Waals surface area contributed by atoms with Crippen LogP contribution in [0.2, 0.25) is 5.02 Å². The number of likely N-dealkylation sites (tertiary alicyclic amines) is 1. The second-order valence-electron chi connectivity index (χ2n) is 8.86. The summed E-state index contributed by atoms with van der Waals surface area (Å²) >= 11 is 6.03. The summed E-state index contributed by atoms with van der Waals surface area (Å²) in [5.74, 6) is 0.960. The van der Waals surface area contributed by atoms with E-state index in [2.05, 4.69) is 0 Å². The van der Waals surface area contributed by atoms with Gasteiger partial charge in [-0.25, -0.2) is 0 Å². The summed E-state index contributed by atoms with van der Waals surface area (Å²) in [5, 5.41) is 0.668. The molecule has 0 radical (unpaired) electrons. The van der Waals surface area contributed by atoms with Gasteiger partial charge in [-0.15, -0.1) is 0 Å². The van der Waals surface area contributed by atoms with E-state index in [-0.39, 0.29) is 5.91 Å². The molecule has 0 unspecified atom stereocenters. The van der Waals surface area contributed by atoms with Crippen molar-refractivity contribution in [1.29, 1.82) is 0 Å². The van der Waals surface area contributed by atoms with Crippen molar-refractivity contribution in [2.24, 2.45) is 5.92 Å². The number of hydrogen-bond donors (Lipinski definition) is 0. The Kier molecular flexibility index (Phi) is 6.70. The summed E-state index contributed by atoms with van der Waals surface area (Å²) in [4.78, 5) is 15.5. The van der Waals surface area contributed by atoms with Crippen molar-refractivity contribution in [3.8, 4) is 5.75 Å². The SMILES string of the molecule is O=C(N1CCC[C@@H](CCOc2ccc(C(F)(F)F)cc2)C1)C1(c2ccc(Cl)cc2)CCC1. The molecule has 1 aliphatic carbocycles. The average Bonchev–Trinajstić information content (AvgIpc) is 2.74. The van der Waals surface area contributed by atoms with E-state index in [9.17, 15) is 18.0 Å². The molecular formula is C25H27ClF3NO2. The van der Waals surface area contributed by atoms with E-state index in [0.29, 0.717) is 29.8 Å². The minimum Gasteiger partial charge on any atom is -0.494 e. The molecule has 2 aromatic rings. The van der Waals surface area contributed by atoms with Crippen molar-refractivity contribution in [2.75, 3.05) is 19.7 Å². The molecule has 3 nitrogen and oxygen atoms in total. The molecule has 2 aliphatic rings. The van der Waals surface area contributed by atoms with Crippen molar-refractivity contribution in [1.82, 2.24) is 4.90 Å². The summed E-state index contributed by atoms with van der Waals surface area (Å²) in [6.45, 7) is 1.88. The summed E-state index contributed by atoms with van der Waals surface area (Å²) < 4.78 is 43.7. The second-order valence-corrected chi connectivity index (χ2v) is 9.30. The molecule has 0 N–H and O–H groups in total. The van der Waals surface area contributed by atoms with Crippen LogP contribution in [-0.2, 0) is 16.4 Å². The topological polar surface area (TPSA) is 29.5 Å². The number of piperidine rings is 1. The molecule has 1 atom stereocenters. The molecule has 1 saturated carbocycles. The maximum absolute atomic E-state index is 13.5. The van der Waals surface area contributed by atoms with Gasteiger partial charge in [-0.1, -0.05) is 30.2 Å². The zero-order chi connectivity index (χ0) is 22.8. The molecule has 1 saturated heterocycles. The van der Waals surface area contributed by atoms with Gasteiger partial charge in [-0.3, -0.25) is 4.79 Å². The third kappa shape index (κ3) is 4.90. The van der Waals surface area contributed by atoms with Gasteiger partial charge >= 0.3 is 6.18 Å². The first-order valence-corrected chi connectivity index (χ1v) is 11.5. The van der Waals surface area contributed by atoms with Crippen molar-refractivity contribution < 1.29 is 22.7 Å². The minimum absolute atomic E-state index is 0.208. The monoisotopic (exact) mass is 465 g/mol. The number of hydrogen-bond acceptors (Lipinski definition) is 2. The van der Waals surface area contributed by atoms with Gasteiger partial charge in [-0.05, 0) is 80.0 Å². The van der Waals surface area contributed by atoms with Crippen LogP contribution in [0.15, 0.2) is 48.5 Å². The Morgan fingerprint density at radius 1 is 1.06 bits per heavy atom. The highest BCUT2D eigenvalue weighted by Gasteiger charge is 2.48. The van der Waals surface area contributed by atoms with Crippen LogP contribution in [0.5, 0.6) is 5.75 Å². The number of ether oxygens (including phenoxy) is 1. The fourth-order valence-corrected chi connectivity index (χ4v) is 4.92. The fraction of sp³-hybridized carbons (Fsp3) is 0.480. The van der Waals surface area contributed by atoms with Gasteiger partial charge in [0.25, 0.3) is 0 Å². The first-order valence-electron chi connectivity index (χ1n) is 11.1. The van der Waals surface area contributed by atoms with Crippen LogP contribution in [0.4, 0.5) is 13.2 Å². The van der Waals surface area contributed by atoms with Gasteiger partial charge in [0.15, 0.2) is 0 Å². The number of halogens is 4. The Labute approximate surface area is 191 Å². The molecule has 4 rings (SSSR count). The molecule has 2 fully saturated rings. The zero-order valence-electron chi connectivity index (χ0n) is 17.8. The highest BCUT2D eigenvalue weighted by Crippen LogP contribution is 2.46. The van der Waals surface area contributed by atoms with Gasteiger partial charge in [0.1, 0.15) is 5.75 Å². The minimum atomic E-state index is -4.35. The van der Waals surface area contributed by atoms with Crippen LogP contribution in [0.3, 0.4) is 0 Å². The number of nitrogens with zero attached hydrogens (tertiary/aromatic N) is 1. The normalized spacial score (nSPS) is 20.5. The smallest absolute Gasteiger partial charge is 0.416 e. The third-order valence-electron chi connectivity index (χ3n) is 6.80. The van der Waals surface area contributed by atoms with Crippen LogP contribution >= 0.6 is 11.6 Å². The second kappa shape index (κ2) is 9.34. The molecular weight excluding hydrogens is 439 g/mol. The van der Waals surface area contributed by atoms with Crippen molar-refractivity contribution in [3.05, 3.63) is 64.7 Å². The van der Waals surface area contributed by atoms with Crippen LogP contribution in [0.1, 0.15) is 49.7 Å². The Morgan fingerprint density at radius 2 is 1.75 bits per heavy atom. The van der Waals surface area contributed by atoms with Crippen molar-refractivity contribution >= 4 is 17.5 Å². The predicted octanol–water partition coefficient (Wildman–Crippen LogP) is 6.49. The first-order chi connectivity index (χ1) is 15.3. The number of rotatable bonds is 6. The summed E-state index contributed by atoms with van der Waals surface area (Å²) in [5.41, 5.74) is -0.0637. The van der Waals surface area contributed by atoms with Gasteiger partial charge in [0, 0.05) is 18.1 Å². The molecule has 32 heavy (non-hydrogen) atoms. The lowest BCUT2D eigenvalue weighted by atomic mass is 9.63. The van der Waals surface area contributed by atoms with Gasteiger partial charge in [0.05, 0.1) is 17.6 Å². The molecule has 0 spiro atoms. The van der Waals surface area contributed by atoms with E-state index < -0.39 is 17.2 Å². The Hall–Kier alpha value is -2.21. The summed E-state index contributed by atoms with van der Waals surface area (Å²) in [6.07, 6.45) is 1.17. The molecule has 0 aromatic heterocycles. The Morgan fingerprint density at radius 3 is 2.34 bits per heavy atom. The molecule has 1 amide bonds. The van der Waals surface area contributed by atoms with E-state index >= 15 is 0 Å². The molecule has 172 valence electrons. The van der Waals surface area contributed by atoms with Gasteiger partial charge in [0.2, 0.25) is 5.91 Å². The number of carbonyl (C=O) groups is 1. The maximum atomic E-state index is 13.5. The molecule has 2 aromatic carbocycles. The highest BCUT2D eigenvalue weighted by atomic mass is 35.5. The van der Waals surface area contributed by atoms with E-state index in [1.165, 1.54) is 12.1 Å². The lowest BCUT2D eigenvalue weighted by Gasteiger charge is -2.46. The van der Waals surface area contributed by atoms with E-state index in [1.54, 1.807) is 0 Å². The van der Waals surface area contributed by atoms with Crippen molar-refractivity contribution in [2.45, 2.75) is 50.1 Å². The fourth-order valence-electron chi connectivity index (χ4n) is 4.80. The van der Waals surface area contributed by atoms with Gasteiger partial charge in [-0.2, -0.15) is 13.2 Å². The van der Waals surface area contributed by atoms with E-state index in [4.69, 9.17) is 16.3 Å². The quantitative estimate of drug-likeness (QED) is 0.488. The number of benzene rings is 2. The maximum Gasteiger partial charge on any atom is 0.416 e. The van der Waals surface area contributed by atoms with Crippen LogP contribution in [0, 0.1) is 5.92 Å². The molecule has 1 heterocycles. The Balaban J connectivity index is 1.32. The summed E-state index contributed by atoms with van der Waals surface area (Å²) in [7, 11) is 0. The van der Waals surface area contributed by atoms with Crippen molar-refractivity contribution in [3.63, 3.8) is 0 Å². The van der Waals surface area contributed by atoms with E-state index in [1.807, 2.05) is 29.2 Å². The van der Waals surface area contributed by atoms with Gasteiger partial charge < -0.3 is 9.64 Å². The highest BCUT2D eigenvalue weighted by molar-refractivity contribution is 6.30. The number of alkyl halides is 3. The summed E-state index contributed by atoms with van der Waals surface area (Å²) in [6, 6.07) is 12.4. The molecule has 1 aliphatic heterocycles. The van der Waals surface area contributed by atoms with E-state index in [0.717, 1.165) is 62.8 Å². The first kappa shape index (κ1) is 23.0. The zero-order valence-corrected chi connectivity index (χ0v) is 18.6. The predicted molar refractivity (Wildman–Crippen MR) is 118 cm³/mol. The Bertz CT molecular complexity index is 924. The van der Waals surface area contributed by atoms with Crippen LogP contribution < -0.4 is 4.74 Å². The lowest BCUT2D eigenvalue weighted by Crippen LogP contribution is -2.53. The standard InChI is InChI=1S/C25H27ClF3NO2/c26-21-8-4-19(5-9-21)24(13-2-14-24)23(31)30-15-1-3-18(17-30)12-16-32-22-10-6-20(7-11-22)25(27,28)29/h4-11,18H,1-3,12-17H2/t18-/m0/s1. The lowest BCUT2D eigenvalue weighted by molar-refractivity contribution is -0.143. The number of carbonyl (C=O) groups excluding carboxylic acids is 1. The third-order valence-corrected chi connectivity index (χ3v) is 7.05. The molecule has 7 heteroatoms. The average molecular weight is 466 g/mol. The molecule has 0 bridgehead atoms.